The third kappa shape index (κ3) is 16.4. The van der Waals surface area contributed by atoms with Gasteiger partial charge in [0.2, 0.25) is 0 Å². The van der Waals surface area contributed by atoms with Gasteiger partial charge in [-0.3, -0.25) is 9.80 Å². The largest absolute Gasteiger partial charge is 1.00 e. The van der Waals surface area contributed by atoms with E-state index in [1.807, 2.05) is 0 Å². The van der Waals surface area contributed by atoms with Crippen LogP contribution in [0.3, 0.4) is 0 Å². The SMILES string of the molecule is O=P([O-])(O)CN(Cc1ccccc1O)CC(CO)N(Cc1cc(CO)ccc1O)CP(=O)([O-])O.[Fe].[Na+].[Na+].[Na+]. The van der Waals surface area contributed by atoms with Crippen molar-refractivity contribution in [3.8, 4) is 11.5 Å². The number of rotatable bonds is 13. The predicted octanol–water partition coefficient (Wildman–Crippen LogP) is -9.73. The molecule has 0 radical (unpaired) electrons. The van der Waals surface area contributed by atoms with Crippen molar-refractivity contribution in [1.29, 1.82) is 0 Å². The van der Waals surface area contributed by atoms with Gasteiger partial charge in [-0.2, -0.15) is 0 Å². The minimum atomic E-state index is -4.91. The Balaban J connectivity index is -0.00000306. The van der Waals surface area contributed by atoms with E-state index >= 15 is 0 Å². The molecule has 0 heterocycles. The Morgan fingerprint density at radius 3 is 1.87 bits per heavy atom. The van der Waals surface area contributed by atoms with Crippen molar-refractivity contribution in [3.63, 3.8) is 0 Å². The Labute approximate surface area is 298 Å². The van der Waals surface area contributed by atoms with Crippen LogP contribution in [0, 0.1) is 0 Å². The van der Waals surface area contributed by atoms with Crippen LogP contribution in [0.2, 0.25) is 0 Å². The van der Waals surface area contributed by atoms with E-state index in [1.54, 1.807) is 12.1 Å². The van der Waals surface area contributed by atoms with Crippen molar-refractivity contribution in [2.45, 2.75) is 25.7 Å². The van der Waals surface area contributed by atoms with Crippen molar-refractivity contribution in [3.05, 3.63) is 59.2 Å². The van der Waals surface area contributed by atoms with Crippen LogP contribution in [0.1, 0.15) is 16.7 Å². The molecule has 6 N–H and O–H groups in total. The summed E-state index contributed by atoms with van der Waals surface area (Å²) in [6, 6.07) is 9.17. The fraction of sp³-hybridized carbons (Fsp3) is 0.400. The first-order valence-corrected chi connectivity index (χ1v) is 13.6. The molecular weight excluding hydrogens is 615 g/mol. The normalized spacial score (nSPS) is 14.6. The second-order valence-electron chi connectivity index (χ2n) is 7.90. The number of hydrogen-bond donors (Lipinski definition) is 6. The van der Waals surface area contributed by atoms with Crippen LogP contribution in [-0.4, -0.2) is 71.8 Å². The number of nitrogens with zero attached hydrogens (tertiary/aromatic N) is 2. The van der Waals surface area contributed by atoms with Crippen LogP contribution in [0.4, 0.5) is 0 Å². The molecule has 0 aliphatic heterocycles. The van der Waals surface area contributed by atoms with Gasteiger partial charge in [-0.05, 0) is 23.8 Å². The van der Waals surface area contributed by atoms with Crippen LogP contribution in [0.5, 0.6) is 11.5 Å². The summed E-state index contributed by atoms with van der Waals surface area (Å²) in [5, 5.41) is 39.5. The smallest absolute Gasteiger partial charge is 0.778 e. The second-order valence-corrected chi connectivity index (χ2v) is 11.0. The van der Waals surface area contributed by atoms with Crippen molar-refractivity contribution in [2.75, 3.05) is 25.7 Å². The van der Waals surface area contributed by atoms with Gasteiger partial charge in [-0.15, -0.1) is 0 Å². The summed E-state index contributed by atoms with van der Waals surface area (Å²) in [5.41, 5.74) is 0.947. The summed E-state index contributed by atoms with van der Waals surface area (Å²) in [5.74, 6) is -0.350. The Morgan fingerprint density at radius 1 is 0.816 bits per heavy atom. The first-order chi connectivity index (χ1) is 15.8. The van der Waals surface area contributed by atoms with E-state index in [0.717, 1.165) is 4.90 Å². The number of para-hydroxylation sites is 1. The molecule has 198 valence electrons. The van der Waals surface area contributed by atoms with E-state index in [1.165, 1.54) is 35.2 Å². The quantitative estimate of drug-likeness (QED) is 0.0889. The van der Waals surface area contributed by atoms with Gasteiger partial charge in [0.25, 0.3) is 0 Å². The second kappa shape index (κ2) is 20.6. The molecule has 0 spiro atoms. The molecule has 0 saturated carbocycles. The van der Waals surface area contributed by atoms with Crippen LogP contribution < -0.4 is 98.5 Å². The van der Waals surface area contributed by atoms with E-state index in [0.29, 0.717) is 11.1 Å². The van der Waals surface area contributed by atoms with E-state index in [9.17, 15) is 49.1 Å². The summed E-state index contributed by atoms with van der Waals surface area (Å²) < 4.78 is 23.3. The van der Waals surface area contributed by atoms with E-state index in [4.69, 9.17) is 0 Å². The molecule has 3 unspecified atom stereocenters. The van der Waals surface area contributed by atoms with Gasteiger partial charge >= 0.3 is 88.7 Å². The zero-order valence-electron chi connectivity index (χ0n) is 21.5. The minimum Gasteiger partial charge on any atom is -0.778 e. The minimum absolute atomic E-state index is 0. The molecule has 0 aliphatic carbocycles. The van der Waals surface area contributed by atoms with Crippen LogP contribution >= 0.6 is 15.2 Å². The molecule has 0 bridgehead atoms. The summed E-state index contributed by atoms with van der Waals surface area (Å²) in [7, 11) is -9.75. The maximum atomic E-state index is 11.7. The first-order valence-electron chi connectivity index (χ1n) is 10.1. The molecule has 0 aliphatic rings. The molecule has 2 aromatic carbocycles. The Hall–Kier alpha value is 1.70. The first kappa shape index (κ1) is 44.1. The number of phenols is 2. The molecule has 0 amide bonds. The maximum Gasteiger partial charge on any atom is 1.00 e. The Morgan fingerprint density at radius 2 is 1.37 bits per heavy atom. The standard InChI is InChI=1S/C20H30N2O10P2.Fe.3Na/c23-11-15-5-6-20(26)17(7-15)9-22(14-34(30,31)32)18(12-24)10-21(13-33(27,28)29)8-16-3-1-2-4-19(16)25;;;;/h1-7,18,23-26H,8-14H2,(H2,27,28,29)(H2,30,31,32);;;;/q;;3*+1/p-2. The van der Waals surface area contributed by atoms with Crippen LogP contribution in [0.25, 0.3) is 0 Å². The van der Waals surface area contributed by atoms with Gasteiger partial charge in [-0.25, -0.2) is 0 Å². The average molecular weight is 643 g/mol. The number of phenolic OH excluding ortho intramolecular Hbond substituents is 2. The molecule has 2 rings (SSSR count). The Kier molecular flexibility index (Phi) is 23.9. The number of hydrogen-bond acceptors (Lipinski definition) is 10. The van der Waals surface area contributed by atoms with Crippen molar-refractivity contribution in [1.82, 2.24) is 9.80 Å². The number of benzene rings is 2. The Bertz CT molecular complexity index is 1060. The van der Waals surface area contributed by atoms with Crippen molar-refractivity contribution in [2.24, 2.45) is 0 Å². The van der Waals surface area contributed by atoms with Crippen LogP contribution in [-0.2, 0) is 45.9 Å². The maximum absolute atomic E-state index is 11.7. The van der Waals surface area contributed by atoms with Gasteiger partial charge in [0.15, 0.2) is 0 Å². The average Bonchev–Trinajstić information content (AvgIpc) is 2.72. The van der Waals surface area contributed by atoms with Crippen LogP contribution in [0.15, 0.2) is 42.5 Å². The monoisotopic (exact) mass is 643 g/mol. The van der Waals surface area contributed by atoms with Crippen molar-refractivity contribution < 1.29 is 155 Å². The number of aromatic hydroxyl groups is 2. The fourth-order valence-corrected chi connectivity index (χ4v) is 5.01. The predicted molar refractivity (Wildman–Crippen MR) is 118 cm³/mol. The van der Waals surface area contributed by atoms with Gasteiger partial charge in [0, 0.05) is 53.9 Å². The van der Waals surface area contributed by atoms with E-state index < -0.39 is 40.4 Å². The molecule has 2 aromatic rings. The van der Waals surface area contributed by atoms with Gasteiger partial charge in [0.1, 0.15) is 26.7 Å². The van der Waals surface area contributed by atoms with E-state index in [-0.39, 0.29) is 149 Å². The molecule has 3 atom stereocenters. The number of aliphatic hydroxyl groups excluding tert-OH is 2. The molecule has 0 saturated heterocycles. The summed E-state index contributed by atoms with van der Waals surface area (Å²) >= 11 is 0. The van der Waals surface area contributed by atoms with Gasteiger partial charge in [-0.1, -0.05) is 24.3 Å². The summed E-state index contributed by atoms with van der Waals surface area (Å²) in [6.45, 7) is -1.76. The molecular formula is C20H28FeN2Na3O10P2+. The zero-order chi connectivity index (χ0) is 25.5. The third-order valence-corrected chi connectivity index (χ3v) is 6.50. The topological polar surface area (TPSA) is 208 Å². The van der Waals surface area contributed by atoms with Gasteiger partial charge < -0.3 is 49.1 Å². The molecule has 0 aromatic heterocycles. The fourth-order valence-electron chi connectivity index (χ4n) is 3.50. The molecule has 38 heavy (non-hydrogen) atoms. The third-order valence-electron chi connectivity index (χ3n) is 5.02. The molecule has 12 nitrogen and oxygen atoms in total. The zero-order valence-corrected chi connectivity index (χ0v) is 30.4. The number of aliphatic hydroxyl groups is 2. The molecule has 0 fully saturated rings. The van der Waals surface area contributed by atoms with Gasteiger partial charge in [0.05, 0.1) is 25.8 Å². The summed E-state index contributed by atoms with van der Waals surface area (Å²) in [6.07, 6.45) is -1.79. The molecule has 18 heteroatoms. The van der Waals surface area contributed by atoms with Crippen molar-refractivity contribution >= 4 is 15.2 Å². The summed E-state index contributed by atoms with van der Waals surface area (Å²) in [4.78, 5) is 44.5. The van der Waals surface area contributed by atoms with E-state index in [2.05, 4.69) is 0 Å².